The lowest BCUT2D eigenvalue weighted by Crippen LogP contribution is -2.55. The number of rotatable bonds is 11. The van der Waals surface area contributed by atoms with Crippen molar-refractivity contribution < 1.29 is 38.3 Å². The molecule has 2 aromatic rings. The fourth-order valence-electron chi connectivity index (χ4n) is 6.09. The molecule has 8 heteroatoms. The molecule has 0 aromatic heterocycles. The number of hydrogen-bond acceptors (Lipinski definition) is 8. The number of carbonyl (C=O) groups is 1. The number of ether oxygens (including phenoxy) is 6. The normalized spacial score (nSPS) is 30.2. The zero-order valence-electron chi connectivity index (χ0n) is 24.4. The van der Waals surface area contributed by atoms with Crippen LogP contribution in [-0.2, 0) is 30.3 Å². The quantitative estimate of drug-likeness (QED) is 0.163. The largest absolute Gasteiger partial charge is 0.493 e. The fourth-order valence-corrected chi connectivity index (χ4v) is 6.09. The summed E-state index contributed by atoms with van der Waals surface area (Å²) < 4.78 is 35.7. The van der Waals surface area contributed by atoms with E-state index in [2.05, 4.69) is 26.8 Å². The minimum atomic E-state index is -0.440. The Balaban J connectivity index is 1.26. The fraction of sp³-hybridized carbons (Fsp3) is 0.485. The van der Waals surface area contributed by atoms with Crippen LogP contribution in [0.3, 0.4) is 0 Å². The molecule has 1 spiro atoms. The monoisotopic (exact) mass is 564 g/mol. The highest BCUT2D eigenvalue weighted by atomic mass is 16.6. The van der Waals surface area contributed by atoms with Gasteiger partial charge in [-0.1, -0.05) is 29.8 Å². The molecule has 5 rings (SSSR count). The molecule has 0 unspecified atom stereocenters. The molecule has 1 saturated carbocycles. The second-order valence-electron chi connectivity index (χ2n) is 11.5. The maximum absolute atomic E-state index is 13.0. The first-order valence-electron chi connectivity index (χ1n) is 14.1. The number of esters is 1. The van der Waals surface area contributed by atoms with Gasteiger partial charge in [0.15, 0.2) is 11.5 Å². The third-order valence-corrected chi connectivity index (χ3v) is 8.44. The number of allylic oxidation sites excluding steroid dienone is 1. The molecule has 2 saturated heterocycles. The summed E-state index contributed by atoms with van der Waals surface area (Å²) in [6.45, 7) is 6.95. The second-order valence-corrected chi connectivity index (χ2v) is 11.5. The van der Waals surface area contributed by atoms with Crippen molar-refractivity contribution in [3.8, 4) is 17.2 Å². The van der Waals surface area contributed by atoms with Crippen LogP contribution in [0.2, 0.25) is 0 Å². The summed E-state index contributed by atoms with van der Waals surface area (Å²) in [6.07, 6.45) is 6.98. The van der Waals surface area contributed by atoms with Crippen molar-refractivity contribution >= 4 is 12.0 Å². The Morgan fingerprint density at radius 2 is 1.88 bits per heavy atom. The van der Waals surface area contributed by atoms with Crippen LogP contribution < -0.4 is 9.47 Å². The van der Waals surface area contributed by atoms with Gasteiger partial charge < -0.3 is 33.5 Å². The number of aliphatic hydroxyl groups is 1. The average molecular weight is 565 g/mol. The molecule has 0 radical (unpaired) electrons. The Morgan fingerprint density at radius 3 is 2.51 bits per heavy atom. The molecule has 8 nitrogen and oxygen atoms in total. The van der Waals surface area contributed by atoms with Gasteiger partial charge in [-0.05, 0) is 81.5 Å². The zero-order valence-corrected chi connectivity index (χ0v) is 24.4. The average Bonchev–Trinajstić information content (AvgIpc) is 3.89. The maximum atomic E-state index is 13.0. The Kier molecular flexibility index (Phi) is 8.57. The molecule has 1 N–H and O–H groups in total. The van der Waals surface area contributed by atoms with Crippen molar-refractivity contribution in [2.75, 3.05) is 20.8 Å². The standard InChI is InChI=1S/C33H40O8/c1-21(2)6-14-28-32(3,41-28)31-30(37-5)26(16-17-33(31)20-38-33)40-29(35)15-10-22-9-13-25(36-4)27(18-22)39-24-11-7-23(19-34)8-12-24/h6-13,15,18,26,28,30-31,34H,14,16-17,19-20H2,1-5H3/b15-10+/t26-,28+,30-,31-,32-,33+/m1/s1. The first-order valence-corrected chi connectivity index (χ1v) is 14.1. The van der Waals surface area contributed by atoms with Gasteiger partial charge in [0, 0.05) is 13.2 Å². The second kappa shape index (κ2) is 12.0. The molecule has 6 atom stereocenters. The van der Waals surface area contributed by atoms with E-state index in [0.29, 0.717) is 30.3 Å². The third-order valence-electron chi connectivity index (χ3n) is 8.44. The topological polar surface area (TPSA) is 99.3 Å². The molecular formula is C33H40O8. The summed E-state index contributed by atoms with van der Waals surface area (Å²) in [4.78, 5) is 13.0. The summed E-state index contributed by atoms with van der Waals surface area (Å²) in [7, 11) is 3.24. The first kappa shape index (κ1) is 29.3. The van der Waals surface area contributed by atoms with E-state index < -0.39 is 12.1 Å². The van der Waals surface area contributed by atoms with Gasteiger partial charge >= 0.3 is 5.97 Å². The molecule has 2 heterocycles. The van der Waals surface area contributed by atoms with Gasteiger partial charge in [0.25, 0.3) is 0 Å². The number of aliphatic hydroxyl groups excluding tert-OH is 1. The number of methoxy groups -OCH3 is 2. The van der Waals surface area contributed by atoms with E-state index in [1.807, 2.05) is 6.07 Å². The third kappa shape index (κ3) is 6.36. The molecule has 41 heavy (non-hydrogen) atoms. The number of carbonyl (C=O) groups excluding carboxylic acids is 1. The van der Waals surface area contributed by atoms with E-state index in [9.17, 15) is 9.90 Å². The van der Waals surface area contributed by atoms with Crippen LogP contribution in [0.25, 0.3) is 6.08 Å². The van der Waals surface area contributed by atoms with E-state index in [4.69, 9.17) is 28.4 Å². The van der Waals surface area contributed by atoms with E-state index >= 15 is 0 Å². The predicted octanol–water partition coefficient (Wildman–Crippen LogP) is 5.61. The number of epoxide rings is 2. The van der Waals surface area contributed by atoms with Crippen molar-refractivity contribution in [1.29, 1.82) is 0 Å². The summed E-state index contributed by atoms with van der Waals surface area (Å²) in [5, 5.41) is 9.27. The van der Waals surface area contributed by atoms with Crippen molar-refractivity contribution in [3.63, 3.8) is 0 Å². The number of hydrogen-bond donors (Lipinski definition) is 1. The zero-order chi connectivity index (χ0) is 29.2. The lowest BCUT2D eigenvalue weighted by molar-refractivity contribution is -0.166. The van der Waals surface area contributed by atoms with Gasteiger partial charge in [-0.3, -0.25) is 0 Å². The molecule has 2 aromatic carbocycles. The lowest BCUT2D eigenvalue weighted by Gasteiger charge is -2.42. The molecular weight excluding hydrogens is 524 g/mol. The summed E-state index contributed by atoms with van der Waals surface area (Å²) in [6, 6.07) is 12.6. The van der Waals surface area contributed by atoms with Crippen LogP contribution >= 0.6 is 0 Å². The summed E-state index contributed by atoms with van der Waals surface area (Å²) >= 11 is 0. The predicted molar refractivity (Wildman–Crippen MR) is 154 cm³/mol. The molecule has 0 bridgehead atoms. The van der Waals surface area contributed by atoms with Gasteiger partial charge in [0.2, 0.25) is 0 Å². The Morgan fingerprint density at radius 1 is 1.12 bits per heavy atom. The minimum Gasteiger partial charge on any atom is -0.493 e. The van der Waals surface area contributed by atoms with Crippen LogP contribution in [0.4, 0.5) is 0 Å². The van der Waals surface area contributed by atoms with Crippen molar-refractivity contribution in [2.24, 2.45) is 5.92 Å². The highest BCUT2D eigenvalue weighted by Gasteiger charge is 2.72. The molecule has 0 amide bonds. The van der Waals surface area contributed by atoms with E-state index in [0.717, 1.165) is 24.0 Å². The molecule has 220 valence electrons. The highest BCUT2D eigenvalue weighted by Crippen LogP contribution is 2.59. The van der Waals surface area contributed by atoms with Gasteiger partial charge in [0.05, 0.1) is 32.3 Å². The smallest absolute Gasteiger partial charge is 0.331 e. The van der Waals surface area contributed by atoms with Crippen LogP contribution in [0.5, 0.6) is 17.2 Å². The van der Waals surface area contributed by atoms with Crippen molar-refractivity contribution in [2.45, 2.75) is 76.2 Å². The minimum absolute atomic E-state index is 0.0289. The van der Waals surface area contributed by atoms with Gasteiger partial charge in [-0.2, -0.15) is 0 Å². The SMILES string of the molecule is COc1ccc(/C=C/C(=O)O[C@@H]2CC[C@]3(CO3)[C@@H]([C@]3(C)O[C@H]3CC=C(C)C)[C@@H]2OC)cc1Oc1ccc(CO)cc1. The molecule has 3 aliphatic rings. The lowest BCUT2D eigenvalue weighted by atomic mass is 9.68. The highest BCUT2D eigenvalue weighted by molar-refractivity contribution is 5.87. The Labute approximate surface area is 241 Å². The Bertz CT molecular complexity index is 1290. The van der Waals surface area contributed by atoms with Crippen LogP contribution in [-0.4, -0.2) is 61.4 Å². The molecule has 2 aliphatic heterocycles. The van der Waals surface area contributed by atoms with Crippen LogP contribution in [0.1, 0.15) is 51.2 Å². The van der Waals surface area contributed by atoms with Crippen LogP contribution in [0.15, 0.2) is 60.2 Å². The van der Waals surface area contributed by atoms with Gasteiger partial charge in [-0.15, -0.1) is 0 Å². The maximum Gasteiger partial charge on any atom is 0.331 e. The van der Waals surface area contributed by atoms with Crippen molar-refractivity contribution in [1.82, 2.24) is 0 Å². The van der Waals surface area contributed by atoms with Crippen LogP contribution in [0, 0.1) is 5.92 Å². The van der Waals surface area contributed by atoms with Gasteiger partial charge in [-0.25, -0.2) is 4.79 Å². The number of benzene rings is 2. The van der Waals surface area contributed by atoms with Gasteiger partial charge in [0.1, 0.15) is 29.2 Å². The molecule has 1 aliphatic carbocycles. The van der Waals surface area contributed by atoms with E-state index in [1.54, 1.807) is 56.7 Å². The molecule has 3 fully saturated rings. The van der Waals surface area contributed by atoms with Crippen molar-refractivity contribution in [3.05, 3.63) is 71.3 Å². The first-order chi connectivity index (χ1) is 19.7. The summed E-state index contributed by atoms with van der Waals surface area (Å²) in [5.41, 5.74) is 2.15. The Hall–Kier alpha value is -3.17. The van der Waals surface area contributed by atoms with E-state index in [-0.39, 0.29) is 35.9 Å². The summed E-state index contributed by atoms with van der Waals surface area (Å²) in [5.74, 6) is 1.20. The van der Waals surface area contributed by atoms with E-state index in [1.165, 1.54) is 11.6 Å².